The lowest BCUT2D eigenvalue weighted by Crippen LogP contribution is -2.43. The smallest absolute Gasteiger partial charge is 0.221 e. The van der Waals surface area contributed by atoms with Gasteiger partial charge in [-0.3, -0.25) is 4.79 Å². The van der Waals surface area contributed by atoms with Crippen LogP contribution in [-0.2, 0) is 4.79 Å². The van der Waals surface area contributed by atoms with E-state index in [0.717, 1.165) is 0 Å². The van der Waals surface area contributed by atoms with E-state index in [-0.39, 0.29) is 5.91 Å². The third kappa shape index (κ3) is 5.19. The normalized spacial score (nSPS) is 13.4. The summed E-state index contributed by atoms with van der Waals surface area (Å²) in [6.07, 6.45) is 0.415. The van der Waals surface area contributed by atoms with Crippen molar-refractivity contribution in [2.75, 3.05) is 27.2 Å². The minimum atomic E-state index is 0.0417. The highest BCUT2D eigenvalue weighted by Gasteiger charge is 2.15. The van der Waals surface area contributed by atoms with Crippen LogP contribution in [0.3, 0.4) is 0 Å². The molecule has 0 radical (unpaired) electrons. The van der Waals surface area contributed by atoms with Gasteiger partial charge in [0.05, 0.1) is 0 Å². The molecule has 0 rings (SSSR count). The first-order valence-corrected chi connectivity index (χ1v) is 5.12. The maximum absolute atomic E-state index is 11.2. The second-order valence-electron chi connectivity index (χ2n) is 4.12. The maximum Gasteiger partial charge on any atom is 0.221 e. The molecule has 1 unspecified atom stereocenters. The number of amides is 1. The van der Waals surface area contributed by atoms with Crippen LogP contribution in [0.15, 0.2) is 0 Å². The van der Waals surface area contributed by atoms with Crippen molar-refractivity contribution in [3.63, 3.8) is 0 Å². The van der Waals surface area contributed by atoms with Gasteiger partial charge in [0, 0.05) is 25.6 Å². The predicted molar refractivity (Wildman–Crippen MR) is 59.0 cm³/mol. The molecule has 0 saturated heterocycles. The molecule has 0 bridgehead atoms. The Morgan fingerprint density at radius 1 is 1.43 bits per heavy atom. The molecule has 0 spiro atoms. The van der Waals surface area contributed by atoms with Crippen LogP contribution in [-0.4, -0.2) is 44.0 Å². The Hall–Kier alpha value is -0.610. The van der Waals surface area contributed by atoms with Crippen molar-refractivity contribution in [2.24, 2.45) is 11.7 Å². The molecule has 4 heteroatoms. The molecule has 84 valence electrons. The first kappa shape index (κ1) is 13.4. The fourth-order valence-electron chi connectivity index (χ4n) is 1.45. The van der Waals surface area contributed by atoms with E-state index in [1.165, 1.54) is 0 Å². The quantitative estimate of drug-likeness (QED) is 0.638. The molecule has 0 aliphatic carbocycles. The van der Waals surface area contributed by atoms with Crippen molar-refractivity contribution in [3.05, 3.63) is 0 Å². The number of hydrogen-bond acceptors (Lipinski definition) is 3. The van der Waals surface area contributed by atoms with Gasteiger partial charge in [0.1, 0.15) is 0 Å². The lowest BCUT2D eigenvalue weighted by Gasteiger charge is -2.28. The van der Waals surface area contributed by atoms with E-state index < -0.39 is 0 Å². The predicted octanol–water partition coefficient (Wildman–Crippen LogP) is 0.0376. The minimum Gasteiger partial charge on any atom is -0.354 e. The van der Waals surface area contributed by atoms with Gasteiger partial charge in [-0.05, 0) is 20.0 Å². The van der Waals surface area contributed by atoms with Crippen LogP contribution in [0.2, 0.25) is 0 Å². The second-order valence-corrected chi connectivity index (χ2v) is 4.12. The number of likely N-dealkylation sites (N-methyl/N-ethyl adjacent to an activating group) is 1. The largest absolute Gasteiger partial charge is 0.354 e. The molecule has 4 nitrogen and oxygen atoms in total. The Kier molecular flexibility index (Phi) is 6.49. The summed E-state index contributed by atoms with van der Waals surface area (Å²) in [5.74, 6) is 0.572. The maximum atomic E-state index is 11.2. The van der Waals surface area contributed by atoms with Gasteiger partial charge in [0.25, 0.3) is 0 Å². The van der Waals surface area contributed by atoms with Gasteiger partial charge >= 0.3 is 0 Å². The summed E-state index contributed by atoms with van der Waals surface area (Å²) >= 11 is 0. The molecular weight excluding hydrogens is 178 g/mol. The first-order valence-electron chi connectivity index (χ1n) is 5.12. The standard InChI is InChI=1S/C10H23N3O/c1-8(2)9(13(3)4)7-12-10(14)5-6-11/h8-9H,5-7,11H2,1-4H3,(H,12,14). The van der Waals surface area contributed by atoms with Crippen molar-refractivity contribution >= 4 is 5.91 Å². The van der Waals surface area contributed by atoms with E-state index in [2.05, 4.69) is 24.1 Å². The molecule has 1 atom stereocenters. The topological polar surface area (TPSA) is 58.4 Å². The van der Waals surface area contributed by atoms with Gasteiger partial charge in [-0.1, -0.05) is 13.8 Å². The monoisotopic (exact) mass is 201 g/mol. The number of nitrogens with one attached hydrogen (secondary N) is 1. The Morgan fingerprint density at radius 2 is 2.00 bits per heavy atom. The molecule has 0 fully saturated rings. The minimum absolute atomic E-state index is 0.0417. The average Bonchev–Trinajstić information content (AvgIpc) is 2.03. The van der Waals surface area contributed by atoms with E-state index >= 15 is 0 Å². The van der Waals surface area contributed by atoms with Crippen LogP contribution in [0.25, 0.3) is 0 Å². The third-order valence-electron chi connectivity index (χ3n) is 2.31. The molecule has 0 saturated carbocycles. The van der Waals surface area contributed by atoms with Gasteiger partial charge in [-0.2, -0.15) is 0 Å². The molecule has 0 aromatic rings. The van der Waals surface area contributed by atoms with Crippen LogP contribution in [0.5, 0.6) is 0 Å². The van der Waals surface area contributed by atoms with Crippen molar-refractivity contribution in [1.29, 1.82) is 0 Å². The highest BCUT2D eigenvalue weighted by atomic mass is 16.1. The van der Waals surface area contributed by atoms with Gasteiger partial charge in [0.15, 0.2) is 0 Å². The average molecular weight is 201 g/mol. The van der Waals surface area contributed by atoms with E-state index in [1.54, 1.807) is 0 Å². The number of carbonyl (C=O) groups is 1. The summed E-state index contributed by atoms with van der Waals surface area (Å²) in [5, 5.41) is 2.89. The number of carbonyl (C=O) groups excluding carboxylic acids is 1. The zero-order chi connectivity index (χ0) is 11.1. The molecule has 14 heavy (non-hydrogen) atoms. The molecular formula is C10H23N3O. The SMILES string of the molecule is CC(C)C(CNC(=O)CCN)N(C)C. The lowest BCUT2D eigenvalue weighted by atomic mass is 10.0. The molecule has 0 aliphatic rings. The summed E-state index contributed by atoms with van der Waals surface area (Å²) in [5.41, 5.74) is 5.28. The van der Waals surface area contributed by atoms with E-state index in [4.69, 9.17) is 5.73 Å². The van der Waals surface area contributed by atoms with E-state index in [0.29, 0.717) is 31.5 Å². The van der Waals surface area contributed by atoms with Crippen molar-refractivity contribution in [1.82, 2.24) is 10.2 Å². The molecule has 0 aromatic carbocycles. The summed E-state index contributed by atoms with van der Waals surface area (Å²) in [6.45, 7) is 5.42. The van der Waals surface area contributed by atoms with Crippen LogP contribution >= 0.6 is 0 Å². The fraction of sp³-hybridized carbons (Fsp3) is 0.900. The number of hydrogen-bond donors (Lipinski definition) is 2. The number of nitrogens with zero attached hydrogens (tertiary/aromatic N) is 1. The molecule has 1 amide bonds. The van der Waals surface area contributed by atoms with E-state index in [9.17, 15) is 4.79 Å². The summed E-state index contributed by atoms with van der Waals surface area (Å²) in [7, 11) is 4.06. The van der Waals surface area contributed by atoms with Crippen molar-refractivity contribution in [3.8, 4) is 0 Å². The van der Waals surface area contributed by atoms with Gasteiger partial charge in [0.2, 0.25) is 5.91 Å². The molecule has 3 N–H and O–H groups in total. The summed E-state index contributed by atoms with van der Waals surface area (Å²) in [4.78, 5) is 13.3. The number of nitrogens with two attached hydrogens (primary N) is 1. The second kappa shape index (κ2) is 6.79. The Balaban J connectivity index is 3.88. The third-order valence-corrected chi connectivity index (χ3v) is 2.31. The van der Waals surface area contributed by atoms with E-state index in [1.807, 2.05) is 14.1 Å². The highest BCUT2D eigenvalue weighted by Crippen LogP contribution is 2.05. The number of rotatable bonds is 6. The lowest BCUT2D eigenvalue weighted by molar-refractivity contribution is -0.121. The molecule has 0 aliphatic heterocycles. The molecule has 0 aromatic heterocycles. The summed E-state index contributed by atoms with van der Waals surface area (Å²) < 4.78 is 0. The van der Waals surface area contributed by atoms with Gasteiger partial charge < -0.3 is 16.0 Å². The highest BCUT2D eigenvalue weighted by molar-refractivity contribution is 5.76. The van der Waals surface area contributed by atoms with Gasteiger partial charge in [-0.15, -0.1) is 0 Å². The first-order chi connectivity index (χ1) is 6.49. The van der Waals surface area contributed by atoms with Gasteiger partial charge in [-0.25, -0.2) is 0 Å². The Labute approximate surface area is 86.8 Å². The Morgan fingerprint density at radius 3 is 2.36 bits per heavy atom. The zero-order valence-electron chi connectivity index (χ0n) is 9.71. The summed E-state index contributed by atoms with van der Waals surface area (Å²) in [6, 6.07) is 0.386. The molecule has 0 heterocycles. The Bertz CT molecular complexity index is 161. The van der Waals surface area contributed by atoms with Crippen molar-refractivity contribution < 1.29 is 4.79 Å². The van der Waals surface area contributed by atoms with Crippen molar-refractivity contribution in [2.45, 2.75) is 26.3 Å². The van der Waals surface area contributed by atoms with Crippen LogP contribution in [0.1, 0.15) is 20.3 Å². The van der Waals surface area contributed by atoms with Crippen LogP contribution in [0, 0.1) is 5.92 Å². The van der Waals surface area contributed by atoms with Crippen LogP contribution < -0.4 is 11.1 Å². The van der Waals surface area contributed by atoms with Crippen LogP contribution in [0.4, 0.5) is 0 Å². The zero-order valence-corrected chi connectivity index (χ0v) is 9.71. The fourth-order valence-corrected chi connectivity index (χ4v) is 1.45.